The van der Waals surface area contributed by atoms with Gasteiger partial charge in [-0.1, -0.05) is 13.8 Å². The standard InChI is InChI=1S/C18H24N2O2/c1-16-6-13-7-17(2,10-16)12-18(8-13,11-16)15(21)20-19-9-14-4-3-5-22-14/h3-5,9,13H,6-8,10-12H2,1-2H3,(H,20,21)/b19-9+. The van der Waals surface area contributed by atoms with E-state index in [-0.39, 0.29) is 11.3 Å². The van der Waals surface area contributed by atoms with Crippen LogP contribution in [0, 0.1) is 22.2 Å². The zero-order valence-corrected chi connectivity index (χ0v) is 13.4. The first-order valence-electron chi connectivity index (χ1n) is 8.28. The fraction of sp³-hybridized carbons (Fsp3) is 0.667. The Morgan fingerprint density at radius 2 is 2.00 bits per heavy atom. The Labute approximate surface area is 131 Å². The smallest absolute Gasteiger partial charge is 0.246 e. The van der Waals surface area contributed by atoms with Crippen molar-refractivity contribution in [2.45, 2.75) is 52.4 Å². The van der Waals surface area contributed by atoms with Gasteiger partial charge in [0.05, 0.1) is 17.9 Å². The van der Waals surface area contributed by atoms with Gasteiger partial charge in [0.15, 0.2) is 0 Å². The molecule has 118 valence electrons. The van der Waals surface area contributed by atoms with Crippen LogP contribution in [0.5, 0.6) is 0 Å². The summed E-state index contributed by atoms with van der Waals surface area (Å²) in [6, 6.07) is 3.63. The molecule has 1 amide bonds. The lowest BCUT2D eigenvalue weighted by Crippen LogP contribution is -2.59. The SMILES string of the molecule is CC12CC3CC(C)(C1)CC(C(=O)N/N=C/c1ccco1)(C3)C2. The molecule has 4 nitrogen and oxygen atoms in total. The molecule has 0 aromatic carbocycles. The number of carbonyl (C=O) groups excluding carboxylic acids is 1. The van der Waals surface area contributed by atoms with Crippen LogP contribution in [0.3, 0.4) is 0 Å². The molecule has 4 heteroatoms. The van der Waals surface area contributed by atoms with Crippen molar-refractivity contribution in [1.29, 1.82) is 0 Å². The highest BCUT2D eigenvalue weighted by molar-refractivity contribution is 5.85. The van der Waals surface area contributed by atoms with E-state index in [1.807, 2.05) is 12.1 Å². The molecule has 2 unspecified atom stereocenters. The van der Waals surface area contributed by atoms with Crippen LogP contribution in [-0.4, -0.2) is 12.1 Å². The van der Waals surface area contributed by atoms with E-state index in [1.165, 1.54) is 19.3 Å². The lowest BCUT2D eigenvalue weighted by Gasteiger charge is -2.64. The number of nitrogens with zero attached hydrogens (tertiary/aromatic N) is 1. The number of furan rings is 1. The molecule has 1 N–H and O–H groups in total. The van der Waals surface area contributed by atoms with E-state index in [9.17, 15) is 4.79 Å². The number of hydrogen-bond acceptors (Lipinski definition) is 3. The van der Waals surface area contributed by atoms with Crippen LogP contribution in [-0.2, 0) is 4.79 Å². The maximum Gasteiger partial charge on any atom is 0.246 e. The first-order chi connectivity index (χ1) is 10.4. The van der Waals surface area contributed by atoms with Gasteiger partial charge in [-0.3, -0.25) is 4.79 Å². The van der Waals surface area contributed by atoms with E-state index in [0.29, 0.717) is 22.5 Å². The predicted molar refractivity (Wildman–Crippen MR) is 84.3 cm³/mol. The molecule has 1 heterocycles. The maximum absolute atomic E-state index is 12.9. The highest BCUT2D eigenvalue weighted by Gasteiger charge is 2.62. The second kappa shape index (κ2) is 4.46. The molecule has 4 fully saturated rings. The van der Waals surface area contributed by atoms with Crippen LogP contribution in [0.4, 0.5) is 0 Å². The molecule has 1 aromatic rings. The first-order valence-corrected chi connectivity index (χ1v) is 8.28. The summed E-state index contributed by atoms with van der Waals surface area (Å²) in [7, 11) is 0. The van der Waals surface area contributed by atoms with Crippen molar-refractivity contribution in [3.63, 3.8) is 0 Å². The Morgan fingerprint density at radius 3 is 2.59 bits per heavy atom. The minimum Gasteiger partial charge on any atom is -0.463 e. The van der Waals surface area contributed by atoms with E-state index in [4.69, 9.17) is 4.42 Å². The van der Waals surface area contributed by atoms with Gasteiger partial charge in [-0.2, -0.15) is 5.10 Å². The molecule has 0 saturated heterocycles. The van der Waals surface area contributed by atoms with Crippen molar-refractivity contribution in [2.24, 2.45) is 27.3 Å². The summed E-state index contributed by atoms with van der Waals surface area (Å²) < 4.78 is 5.20. The number of nitrogens with one attached hydrogen (secondary N) is 1. The van der Waals surface area contributed by atoms with Gasteiger partial charge in [-0.25, -0.2) is 5.43 Å². The molecule has 2 atom stereocenters. The Morgan fingerprint density at radius 1 is 1.27 bits per heavy atom. The number of hydrazone groups is 1. The number of rotatable bonds is 3. The molecular formula is C18H24N2O2. The van der Waals surface area contributed by atoms with Gasteiger partial charge in [0, 0.05) is 0 Å². The summed E-state index contributed by atoms with van der Waals surface area (Å²) in [6.07, 6.45) is 10.1. The third-order valence-electron chi connectivity index (χ3n) is 6.01. The van der Waals surface area contributed by atoms with Gasteiger partial charge in [0.2, 0.25) is 5.91 Å². The molecule has 0 radical (unpaired) electrons. The van der Waals surface area contributed by atoms with Crippen molar-refractivity contribution in [3.05, 3.63) is 24.2 Å². The molecule has 4 bridgehead atoms. The molecule has 22 heavy (non-hydrogen) atoms. The minimum atomic E-state index is -0.205. The number of hydrogen-bond donors (Lipinski definition) is 1. The van der Waals surface area contributed by atoms with Crippen LogP contribution in [0.25, 0.3) is 0 Å². The summed E-state index contributed by atoms with van der Waals surface area (Å²) in [5.74, 6) is 1.48. The molecule has 1 aromatic heterocycles. The molecule has 0 spiro atoms. The van der Waals surface area contributed by atoms with E-state index in [1.54, 1.807) is 12.5 Å². The van der Waals surface area contributed by atoms with Crippen LogP contribution >= 0.6 is 0 Å². The van der Waals surface area contributed by atoms with Crippen molar-refractivity contribution in [2.75, 3.05) is 0 Å². The Bertz CT molecular complexity index is 601. The predicted octanol–water partition coefficient (Wildman–Crippen LogP) is 3.73. The second-order valence-electron chi connectivity index (χ2n) is 8.62. The molecular weight excluding hydrogens is 276 g/mol. The van der Waals surface area contributed by atoms with Crippen LogP contribution in [0.15, 0.2) is 27.9 Å². The normalized spacial score (nSPS) is 42.9. The molecule has 4 aliphatic rings. The summed E-state index contributed by atoms with van der Waals surface area (Å²) in [6.45, 7) is 4.76. The van der Waals surface area contributed by atoms with E-state index < -0.39 is 0 Å². The van der Waals surface area contributed by atoms with Gasteiger partial charge in [-0.05, 0) is 67.4 Å². The topological polar surface area (TPSA) is 54.6 Å². The molecule has 4 aliphatic carbocycles. The van der Waals surface area contributed by atoms with Crippen molar-refractivity contribution < 1.29 is 9.21 Å². The van der Waals surface area contributed by atoms with Crippen LogP contribution < -0.4 is 5.43 Å². The molecule has 0 aliphatic heterocycles. The monoisotopic (exact) mass is 300 g/mol. The Kier molecular flexibility index (Phi) is 2.85. The Balaban J connectivity index is 1.53. The van der Waals surface area contributed by atoms with Crippen LogP contribution in [0.1, 0.15) is 58.1 Å². The van der Waals surface area contributed by atoms with Crippen molar-refractivity contribution >= 4 is 12.1 Å². The molecule has 4 saturated carbocycles. The lowest BCUT2D eigenvalue weighted by atomic mass is 9.40. The Hall–Kier alpha value is -1.58. The van der Waals surface area contributed by atoms with Gasteiger partial charge in [0.1, 0.15) is 5.76 Å². The molecule has 5 rings (SSSR count). The maximum atomic E-state index is 12.9. The summed E-state index contributed by atoms with van der Waals surface area (Å²) >= 11 is 0. The minimum absolute atomic E-state index is 0.108. The van der Waals surface area contributed by atoms with E-state index in [2.05, 4.69) is 24.4 Å². The van der Waals surface area contributed by atoms with Gasteiger partial charge in [0.25, 0.3) is 0 Å². The fourth-order valence-electron chi connectivity index (χ4n) is 6.34. The van der Waals surface area contributed by atoms with Crippen molar-refractivity contribution in [3.8, 4) is 0 Å². The lowest BCUT2D eigenvalue weighted by molar-refractivity contribution is -0.170. The van der Waals surface area contributed by atoms with Gasteiger partial charge in [-0.15, -0.1) is 0 Å². The first kappa shape index (κ1) is 14.0. The largest absolute Gasteiger partial charge is 0.463 e. The quantitative estimate of drug-likeness (QED) is 0.683. The zero-order valence-electron chi connectivity index (χ0n) is 13.4. The van der Waals surface area contributed by atoms with Crippen molar-refractivity contribution in [1.82, 2.24) is 5.43 Å². The average molecular weight is 300 g/mol. The fourth-order valence-corrected chi connectivity index (χ4v) is 6.34. The average Bonchev–Trinajstić information content (AvgIpc) is 2.87. The number of carbonyl (C=O) groups is 1. The third kappa shape index (κ3) is 2.20. The van der Waals surface area contributed by atoms with Crippen LogP contribution in [0.2, 0.25) is 0 Å². The summed E-state index contributed by atoms with van der Waals surface area (Å²) in [5.41, 5.74) is 3.26. The van der Waals surface area contributed by atoms with Gasteiger partial charge < -0.3 is 4.42 Å². The van der Waals surface area contributed by atoms with E-state index >= 15 is 0 Å². The zero-order chi connectivity index (χ0) is 15.4. The third-order valence-corrected chi connectivity index (χ3v) is 6.01. The summed E-state index contributed by atoms with van der Waals surface area (Å²) in [4.78, 5) is 12.9. The van der Waals surface area contributed by atoms with E-state index in [0.717, 1.165) is 19.3 Å². The highest BCUT2D eigenvalue weighted by atomic mass is 16.3. The second-order valence-corrected chi connectivity index (χ2v) is 8.62. The summed E-state index contributed by atoms with van der Waals surface area (Å²) in [5, 5.41) is 4.10. The number of amides is 1. The van der Waals surface area contributed by atoms with Gasteiger partial charge >= 0.3 is 0 Å². The highest BCUT2D eigenvalue weighted by Crippen LogP contribution is 2.69.